The molecule has 0 saturated heterocycles. The molecule has 91 heavy (non-hydrogen) atoms. The van der Waals surface area contributed by atoms with Crippen LogP contribution in [0, 0.1) is 17.8 Å². The molecular formula is C72H140O17P2. The van der Waals surface area contributed by atoms with Crippen molar-refractivity contribution in [3.05, 3.63) is 0 Å². The van der Waals surface area contributed by atoms with Crippen molar-refractivity contribution in [1.29, 1.82) is 0 Å². The Morgan fingerprint density at radius 1 is 0.308 bits per heavy atom. The highest BCUT2D eigenvalue weighted by molar-refractivity contribution is 7.47. The van der Waals surface area contributed by atoms with E-state index in [0.29, 0.717) is 25.7 Å². The molecule has 3 N–H and O–H groups in total. The minimum absolute atomic E-state index is 0.106. The van der Waals surface area contributed by atoms with Gasteiger partial charge in [-0.05, 0) is 43.4 Å². The van der Waals surface area contributed by atoms with Crippen LogP contribution in [-0.2, 0) is 65.4 Å². The van der Waals surface area contributed by atoms with Crippen molar-refractivity contribution < 1.29 is 80.2 Å². The molecule has 0 heterocycles. The zero-order chi connectivity index (χ0) is 67.3. The van der Waals surface area contributed by atoms with Gasteiger partial charge < -0.3 is 33.8 Å². The van der Waals surface area contributed by atoms with Gasteiger partial charge in [-0.2, -0.15) is 0 Å². The van der Waals surface area contributed by atoms with Crippen LogP contribution in [0.4, 0.5) is 0 Å². The number of carbonyl (C=O) groups excluding carboxylic acids is 4. The number of phosphoric acid groups is 2. The molecule has 0 aliphatic carbocycles. The third-order valence-electron chi connectivity index (χ3n) is 17.7. The first-order chi connectivity index (χ1) is 43.8. The van der Waals surface area contributed by atoms with Crippen LogP contribution >= 0.6 is 15.6 Å². The summed E-state index contributed by atoms with van der Waals surface area (Å²) in [6.45, 7) is 11.9. The standard InChI is InChI=1S/C72H140O17P2/c1-8-12-13-14-15-22-32-39-46-53-69(74)82-59-67(88-71(76)55-48-41-34-27-20-17-24-30-37-44-51-64(6)10-3)61-86-90(78,79)84-57-66(73)58-85-91(80,81)87-62-68(89-72(77)56-49-42-35-28-21-18-25-31-38-45-52-65(7)11-4)60-83-70(75)54-47-40-33-26-19-16-23-29-36-43-50-63(5)9-2/h63-68,73H,8-62H2,1-7H3,(H,78,79)(H,80,81)/t63?,64?,65?,66-,67+,68+/m0/s1. The predicted molar refractivity (Wildman–Crippen MR) is 368 cm³/mol. The van der Waals surface area contributed by atoms with E-state index in [2.05, 4.69) is 48.5 Å². The Labute approximate surface area is 556 Å². The van der Waals surface area contributed by atoms with Gasteiger partial charge in [-0.3, -0.25) is 37.3 Å². The summed E-state index contributed by atoms with van der Waals surface area (Å²) in [6, 6.07) is 0. The fourth-order valence-corrected chi connectivity index (χ4v) is 12.4. The number of hydrogen-bond acceptors (Lipinski definition) is 15. The van der Waals surface area contributed by atoms with Gasteiger partial charge in [0.05, 0.1) is 26.4 Å². The average Bonchev–Trinajstić information content (AvgIpc) is 3.68. The van der Waals surface area contributed by atoms with Crippen LogP contribution in [0.5, 0.6) is 0 Å². The molecule has 5 unspecified atom stereocenters. The van der Waals surface area contributed by atoms with Crippen LogP contribution in [-0.4, -0.2) is 96.7 Å². The number of ether oxygens (including phenoxy) is 4. The lowest BCUT2D eigenvalue weighted by Gasteiger charge is -2.21. The maximum absolute atomic E-state index is 13.0. The minimum atomic E-state index is -4.95. The molecule has 0 aromatic heterocycles. The number of unbranched alkanes of at least 4 members (excludes halogenated alkanes) is 35. The summed E-state index contributed by atoms with van der Waals surface area (Å²) in [6.07, 6.45) is 46.9. The minimum Gasteiger partial charge on any atom is -0.462 e. The molecule has 0 aliphatic heterocycles. The van der Waals surface area contributed by atoms with E-state index in [1.54, 1.807) is 0 Å². The molecule has 0 fully saturated rings. The molecule has 0 rings (SSSR count). The summed E-state index contributed by atoms with van der Waals surface area (Å²) in [5, 5.41) is 10.6. The smallest absolute Gasteiger partial charge is 0.462 e. The van der Waals surface area contributed by atoms with Crippen LogP contribution < -0.4 is 0 Å². The average molecular weight is 1340 g/mol. The largest absolute Gasteiger partial charge is 0.472 e. The van der Waals surface area contributed by atoms with E-state index in [4.69, 9.17) is 37.0 Å². The van der Waals surface area contributed by atoms with Crippen molar-refractivity contribution in [2.75, 3.05) is 39.6 Å². The quantitative estimate of drug-likeness (QED) is 0.0222. The molecule has 19 heteroatoms. The summed E-state index contributed by atoms with van der Waals surface area (Å²) < 4.78 is 68.4. The van der Waals surface area contributed by atoms with Gasteiger partial charge in [-0.15, -0.1) is 0 Å². The fraction of sp³-hybridized carbons (Fsp3) is 0.944. The van der Waals surface area contributed by atoms with Crippen molar-refractivity contribution in [3.63, 3.8) is 0 Å². The number of phosphoric ester groups is 2. The number of aliphatic hydroxyl groups is 1. The lowest BCUT2D eigenvalue weighted by atomic mass is 9.99. The van der Waals surface area contributed by atoms with Gasteiger partial charge in [-0.25, -0.2) is 9.13 Å². The Morgan fingerprint density at radius 3 is 0.780 bits per heavy atom. The molecule has 0 saturated carbocycles. The highest BCUT2D eigenvalue weighted by Gasteiger charge is 2.30. The Hall–Kier alpha value is -1.94. The van der Waals surface area contributed by atoms with Crippen molar-refractivity contribution >= 4 is 39.5 Å². The maximum Gasteiger partial charge on any atom is 0.472 e. The highest BCUT2D eigenvalue weighted by Crippen LogP contribution is 2.45. The van der Waals surface area contributed by atoms with Crippen LogP contribution in [0.25, 0.3) is 0 Å². The Morgan fingerprint density at radius 2 is 0.527 bits per heavy atom. The molecule has 0 bridgehead atoms. The molecule has 17 nitrogen and oxygen atoms in total. The highest BCUT2D eigenvalue weighted by atomic mass is 31.2. The molecule has 0 aromatic carbocycles. The fourth-order valence-electron chi connectivity index (χ4n) is 10.8. The first-order valence-electron chi connectivity index (χ1n) is 37.5. The van der Waals surface area contributed by atoms with Crippen molar-refractivity contribution in [3.8, 4) is 0 Å². The van der Waals surface area contributed by atoms with Crippen molar-refractivity contribution in [1.82, 2.24) is 0 Å². The monoisotopic (exact) mass is 1340 g/mol. The second kappa shape index (κ2) is 62.8. The van der Waals surface area contributed by atoms with Gasteiger partial charge in [0.15, 0.2) is 12.2 Å². The van der Waals surface area contributed by atoms with Crippen LogP contribution in [0.15, 0.2) is 0 Å². The number of carbonyl (C=O) groups is 4. The zero-order valence-electron chi connectivity index (χ0n) is 59.3. The summed E-state index contributed by atoms with van der Waals surface area (Å²) in [4.78, 5) is 72.6. The molecule has 8 atom stereocenters. The van der Waals surface area contributed by atoms with E-state index in [1.807, 2.05) is 0 Å². The molecule has 540 valence electrons. The SMILES string of the molecule is CCCCCCCCCCCC(=O)OC[C@H](COP(=O)(O)OC[C@H](O)COP(=O)(O)OC[C@@H](COC(=O)CCCCCCCCCCCCC(C)CC)OC(=O)CCCCCCCCCCCCC(C)CC)OC(=O)CCCCCCCCCCCCC(C)CC. The number of rotatable bonds is 70. The maximum atomic E-state index is 13.0. The Balaban J connectivity index is 5.26. The molecule has 0 aromatic rings. The van der Waals surface area contributed by atoms with Gasteiger partial charge in [0, 0.05) is 25.7 Å². The van der Waals surface area contributed by atoms with Gasteiger partial charge >= 0.3 is 39.5 Å². The summed E-state index contributed by atoms with van der Waals surface area (Å²) in [5.74, 6) is 0.292. The second-order valence-corrected chi connectivity index (χ2v) is 29.6. The molecular weight excluding hydrogens is 1200 g/mol. The van der Waals surface area contributed by atoms with E-state index in [1.165, 1.54) is 173 Å². The normalized spacial score (nSPS) is 15.1. The third-order valence-corrected chi connectivity index (χ3v) is 19.6. The summed E-state index contributed by atoms with van der Waals surface area (Å²) in [5.41, 5.74) is 0. The summed E-state index contributed by atoms with van der Waals surface area (Å²) in [7, 11) is -9.90. The molecule has 0 radical (unpaired) electrons. The van der Waals surface area contributed by atoms with Gasteiger partial charge in [0.1, 0.15) is 19.3 Å². The molecule has 0 amide bonds. The lowest BCUT2D eigenvalue weighted by molar-refractivity contribution is -0.161. The first kappa shape index (κ1) is 89.1. The molecule has 0 spiro atoms. The van der Waals surface area contributed by atoms with Gasteiger partial charge in [-0.1, -0.05) is 312 Å². The number of esters is 4. The van der Waals surface area contributed by atoms with Gasteiger partial charge in [0.25, 0.3) is 0 Å². The van der Waals surface area contributed by atoms with Crippen LogP contribution in [0.3, 0.4) is 0 Å². The van der Waals surface area contributed by atoms with Crippen molar-refractivity contribution in [2.24, 2.45) is 17.8 Å². The van der Waals surface area contributed by atoms with E-state index < -0.39 is 97.5 Å². The first-order valence-corrected chi connectivity index (χ1v) is 40.5. The Kier molecular flexibility index (Phi) is 61.5. The third kappa shape index (κ3) is 62.6. The second-order valence-electron chi connectivity index (χ2n) is 26.7. The van der Waals surface area contributed by atoms with Crippen LogP contribution in [0.2, 0.25) is 0 Å². The topological polar surface area (TPSA) is 237 Å². The number of aliphatic hydroxyl groups excluding tert-OH is 1. The van der Waals surface area contributed by atoms with Gasteiger partial charge in [0.2, 0.25) is 0 Å². The van der Waals surface area contributed by atoms with Crippen LogP contribution in [0.1, 0.15) is 363 Å². The Bertz CT molecular complexity index is 1790. The lowest BCUT2D eigenvalue weighted by Crippen LogP contribution is -2.30. The van der Waals surface area contributed by atoms with E-state index in [9.17, 15) is 43.2 Å². The number of hydrogen-bond donors (Lipinski definition) is 3. The molecule has 0 aliphatic rings. The predicted octanol–water partition coefficient (Wildman–Crippen LogP) is 20.6. The zero-order valence-corrected chi connectivity index (χ0v) is 61.1. The van der Waals surface area contributed by atoms with E-state index >= 15 is 0 Å². The summed E-state index contributed by atoms with van der Waals surface area (Å²) >= 11 is 0. The van der Waals surface area contributed by atoms with Crippen molar-refractivity contribution in [2.45, 2.75) is 381 Å². The van der Waals surface area contributed by atoms with E-state index in [-0.39, 0.29) is 25.7 Å². The van der Waals surface area contributed by atoms with E-state index in [0.717, 1.165) is 108 Å².